The van der Waals surface area contributed by atoms with Gasteiger partial charge in [0.15, 0.2) is 22.9 Å². The quantitative estimate of drug-likeness (QED) is 0.214. The molecule has 3 aromatic rings. The van der Waals surface area contributed by atoms with E-state index in [4.69, 9.17) is 16.3 Å². The van der Waals surface area contributed by atoms with Gasteiger partial charge in [-0.05, 0) is 74.5 Å². The van der Waals surface area contributed by atoms with Crippen LogP contribution in [0.4, 0.5) is 0 Å². The van der Waals surface area contributed by atoms with Crippen LogP contribution in [0.1, 0.15) is 35.3 Å². The molecule has 3 rings (SSSR count). The summed E-state index contributed by atoms with van der Waals surface area (Å²) in [5, 5.41) is 23.6. The summed E-state index contributed by atoms with van der Waals surface area (Å²) >= 11 is 5.86. The van der Waals surface area contributed by atoms with Gasteiger partial charge in [-0.2, -0.15) is 5.10 Å². The van der Waals surface area contributed by atoms with Crippen LogP contribution in [0, 0.1) is 0 Å². The van der Waals surface area contributed by atoms with Crippen LogP contribution in [-0.4, -0.2) is 33.7 Å². The number of benzene rings is 3. The van der Waals surface area contributed by atoms with Gasteiger partial charge in [-0.3, -0.25) is 9.59 Å². The van der Waals surface area contributed by atoms with E-state index in [0.29, 0.717) is 21.9 Å². The van der Waals surface area contributed by atoms with E-state index in [0.717, 1.165) is 0 Å². The Labute approximate surface area is 189 Å². The zero-order chi connectivity index (χ0) is 23.3. The molecule has 0 saturated heterocycles. The van der Waals surface area contributed by atoms with E-state index in [1.54, 1.807) is 62.4 Å². The molecule has 7 nitrogen and oxygen atoms in total. The van der Waals surface area contributed by atoms with Gasteiger partial charge in [-0.25, -0.2) is 5.43 Å². The molecule has 0 aliphatic heterocycles. The monoisotopic (exact) mass is 452 g/mol. The van der Waals surface area contributed by atoms with Gasteiger partial charge in [0.1, 0.15) is 5.75 Å². The molecule has 3 N–H and O–H groups in total. The lowest BCUT2D eigenvalue weighted by atomic mass is 10.0. The van der Waals surface area contributed by atoms with Gasteiger partial charge < -0.3 is 14.9 Å². The van der Waals surface area contributed by atoms with Crippen LogP contribution in [0.15, 0.2) is 71.8 Å². The summed E-state index contributed by atoms with van der Waals surface area (Å²) < 4.78 is 5.76. The van der Waals surface area contributed by atoms with Gasteiger partial charge in [-0.15, -0.1) is 0 Å². The Bertz CT molecular complexity index is 1160. The number of phenols is 2. The van der Waals surface area contributed by atoms with Gasteiger partial charge in [0.05, 0.1) is 6.21 Å². The van der Waals surface area contributed by atoms with E-state index >= 15 is 0 Å². The molecular formula is C24H21ClN2O5. The number of phenolic OH excluding ortho intramolecular Hbond substituents is 2. The summed E-state index contributed by atoms with van der Waals surface area (Å²) in [6, 6.07) is 17.4. The largest absolute Gasteiger partial charge is 0.504 e. The lowest BCUT2D eigenvalue weighted by molar-refractivity contribution is -0.134. The fourth-order valence-corrected chi connectivity index (χ4v) is 2.86. The van der Waals surface area contributed by atoms with Crippen LogP contribution in [0.3, 0.4) is 0 Å². The first-order valence-corrected chi connectivity index (χ1v) is 9.99. The molecule has 0 aliphatic carbocycles. The Balaban J connectivity index is 1.63. The minimum Gasteiger partial charge on any atom is -0.504 e. The van der Waals surface area contributed by atoms with Crippen molar-refractivity contribution in [2.75, 3.05) is 0 Å². The van der Waals surface area contributed by atoms with Gasteiger partial charge in [0.2, 0.25) is 0 Å². The third-order valence-corrected chi connectivity index (χ3v) is 4.81. The molecule has 0 unspecified atom stereocenters. The number of ether oxygens (including phenoxy) is 1. The van der Waals surface area contributed by atoms with E-state index < -0.39 is 11.5 Å². The second-order valence-electron chi connectivity index (χ2n) is 7.39. The third-order valence-electron chi connectivity index (χ3n) is 4.56. The van der Waals surface area contributed by atoms with Gasteiger partial charge >= 0.3 is 0 Å². The molecule has 1 amide bonds. The van der Waals surface area contributed by atoms with E-state index in [-0.39, 0.29) is 22.8 Å². The number of carbonyl (C=O) groups is 2. The SMILES string of the molecule is CC(C)(Oc1ccc(C(=O)c2ccc(Cl)cc2)cc1)C(=O)N/N=C/c1cccc(O)c1O. The summed E-state index contributed by atoms with van der Waals surface area (Å²) in [6.07, 6.45) is 1.21. The van der Waals surface area contributed by atoms with Crippen molar-refractivity contribution in [3.8, 4) is 17.2 Å². The van der Waals surface area contributed by atoms with E-state index in [1.807, 2.05) is 0 Å². The number of nitrogens with one attached hydrogen (secondary N) is 1. The van der Waals surface area contributed by atoms with Gasteiger partial charge in [0, 0.05) is 21.7 Å². The molecule has 0 aromatic heterocycles. The first-order chi connectivity index (χ1) is 15.2. The standard InChI is InChI=1S/C24H21ClN2O5/c1-24(2,23(31)27-26-14-17-4-3-5-20(28)22(17)30)32-19-12-8-16(9-13-19)21(29)15-6-10-18(25)11-7-15/h3-14,28,30H,1-2H3,(H,27,31)/b26-14+. The predicted octanol–water partition coefficient (Wildman–Crippen LogP) is 4.29. The fraction of sp³-hybridized carbons (Fsp3) is 0.125. The summed E-state index contributed by atoms with van der Waals surface area (Å²) in [5.74, 6) is -0.923. The zero-order valence-corrected chi connectivity index (χ0v) is 18.1. The van der Waals surface area contributed by atoms with Crippen molar-refractivity contribution in [3.05, 3.63) is 88.4 Å². The number of para-hydroxylation sites is 1. The van der Waals surface area contributed by atoms with Crippen molar-refractivity contribution in [2.45, 2.75) is 19.4 Å². The first-order valence-electron chi connectivity index (χ1n) is 9.61. The molecule has 32 heavy (non-hydrogen) atoms. The minimum atomic E-state index is -1.28. The fourth-order valence-electron chi connectivity index (χ4n) is 2.73. The van der Waals surface area contributed by atoms with Crippen molar-refractivity contribution < 1.29 is 24.5 Å². The average Bonchev–Trinajstić information content (AvgIpc) is 2.77. The zero-order valence-electron chi connectivity index (χ0n) is 17.4. The van der Waals surface area contributed by atoms with Gasteiger partial charge in [-0.1, -0.05) is 17.7 Å². The summed E-state index contributed by atoms with van der Waals surface area (Å²) in [4.78, 5) is 25.0. The Hall–Kier alpha value is -3.84. The number of carbonyl (C=O) groups excluding carboxylic acids is 2. The molecular weight excluding hydrogens is 432 g/mol. The number of rotatable bonds is 7. The van der Waals surface area contributed by atoms with Crippen molar-refractivity contribution in [2.24, 2.45) is 5.10 Å². The van der Waals surface area contributed by atoms with Crippen molar-refractivity contribution in [3.63, 3.8) is 0 Å². The smallest absolute Gasteiger partial charge is 0.283 e. The topological polar surface area (TPSA) is 108 Å². The number of hydrogen-bond donors (Lipinski definition) is 3. The summed E-state index contributed by atoms with van der Waals surface area (Å²) in [5.41, 5.74) is 2.29. The number of amides is 1. The van der Waals surface area contributed by atoms with Gasteiger partial charge in [0.25, 0.3) is 5.91 Å². The molecule has 0 fully saturated rings. The number of aromatic hydroxyl groups is 2. The number of halogens is 1. The molecule has 0 atom stereocenters. The highest BCUT2D eigenvalue weighted by Crippen LogP contribution is 2.26. The molecule has 0 radical (unpaired) electrons. The Morgan fingerprint density at radius 1 is 0.969 bits per heavy atom. The first kappa shape index (κ1) is 22.8. The number of hydrogen-bond acceptors (Lipinski definition) is 6. The number of ketones is 1. The lowest BCUT2D eigenvalue weighted by Gasteiger charge is -2.24. The highest BCUT2D eigenvalue weighted by Gasteiger charge is 2.30. The maximum absolute atomic E-state index is 12.5. The maximum Gasteiger partial charge on any atom is 0.283 e. The van der Waals surface area contributed by atoms with E-state index in [1.165, 1.54) is 24.4 Å². The van der Waals surface area contributed by atoms with Crippen LogP contribution in [0.5, 0.6) is 17.2 Å². The second kappa shape index (κ2) is 9.53. The van der Waals surface area contributed by atoms with E-state index in [9.17, 15) is 19.8 Å². The van der Waals surface area contributed by atoms with Crippen molar-refractivity contribution in [1.82, 2.24) is 5.43 Å². The number of hydrazone groups is 1. The van der Waals surface area contributed by atoms with Crippen molar-refractivity contribution >= 4 is 29.5 Å². The molecule has 0 saturated carbocycles. The van der Waals surface area contributed by atoms with Crippen LogP contribution in [-0.2, 0) is 4.79 Å². The third kappa shape index (κ3) is 5.44. The predicted molar refractivity (Wildman–Crippen MR) is 122 cm³/mol. The van der Waals surface area contributed by atoms with Crippen LogP contribution < -0.4 is 10.2 Å². The van der Waals surface area contributed by atoms with Crippen LogP contribution in [0.25, 0.3) is 0 Å². The normalized spacial score (nSPS) is 11.3. The summed E-state index contributed by atoms with van der Waals surface area (Å²) in [6.45, 7) is 3.13. The molecule has 0 spiro atoms. The van der Waals surface area contributed by atoms with Crippen LogP contribution >= 0.6 is 11.6 Å². The molecule has 3 aromatic carbocycles. The molecule has 0 aliphatic rings. The number of nitrogens with zero attached hydrogens (tertiary/aromatic N) is 1. The van der Waals surface area contributed by atoms with Crippen LogP contribution in [0.2, 0.25) is 5.02 Å². The molecule has 164 valence electrons. The molecule has 8 heteroatoms. The highest BCUT2D eigenvalue weighted by molar-refractivity contribution is 6.30. The Morgan fingerprint density at radius 3 is 2.19 bits per heavy atom. The molecule has 0 heterocycles. The Morgan fingerprint density at radius 2 is 1.56 bits per heavy atom. The van der Waals surface area contributed by atoms with E-state index in [2.05, 4.69) is 10.5 Å². The average molecular weight is 453 g/mol. The molecule has 0 bridgehead atoms. The minimum absolute atomic E-state index is 0.158. The Kier molecular flexibility index (Phi) is 6.80. The highest BCUT2D eigenvalue weighted by atomic mass is 35.5. The maximum atomic E-state index is 12.5. The lowest BCUT2D eigenvalue weighted by Crippen LogP contribution is -2.44. The van der Waals surface area contributed by atoms with Crippen molar-refractivity contribution in [1.29, 1.82) is 0 Å². The summed E-state index contributed by atoms with van der Waals surface area (Å²) in [7, 11) is 0. The second-order valence-corrected chi connectivity index (χ2v) is 7.82.